The number of anilines is 1. The van der Waals surface area contributed by atoms with E-state index in [2.05, 4.69) is 10.4 Å². The lowest BCUT2D eigenvalue weighted by Crippen LogP contribution is -2.21. The quantitative estimate of drug-likeness (QED) is 0.525. The Labute approximate surface area is 154 Å². The zero-order valence-electron chi connectivity index (χ0n) is 13.3. The van der Waals surface area contributed by atoms with Crippen LogP contribution in [0.25, 0.3) is 10.9 Å². The maximum atomic E-state index is 13.1. The van der Waals surface area contributed by atoms with Crippen LogP contribution in [0.5, 0.6) is 0 Å². The molecule has 0 saturated carbocycles. The predicted octanol–water partition coefficient (Wildman–Crippen LogP) is 4.26. The number of carbonyl (C=O) groups is 1. The van der Waals surface area contributed by atoms with Crippen LogP contribution in [0, 0.1) is 10.1 Å². The van der Waals surface area contributed by atoms with Gasteiger partial charge in [-0.2, -0.15) is 18.3 Å². The summed E-state index contributed by atoms with van der Waals surface area (Å²) in [5, 5.41) is 17.4. The van der Waals surface area contributed by atoms with E-state index in [4.69, 9.17) is 11.6 Å². The molecular weight excluding hydrogens is 389 g/mol. The van der Waals surface area contributed by atoms with Crippen LogP contribution in [0.3, 0.4) is 0 Å². The standard InChI is InChI=1S/C16H10ClF3N4O3/c17-10-2-4-13(12(5-10)16(18,19)20)22-15(25)8-23-14-6-11(24(26)27)3-1-9(14)7-21-23/h1-7H,8H2,(H,22,25). The molecular formula is C16H10ClF3N4O3. The minimum Gasteiger partial charge on any atom is -0.324 e. The highest BCUT2D eigenvalue weighted by molar-refractivity contribution is 6.30. The molecule has 1 amide bonds. The number of non-ortho nitro benzene ring substituents is 1. The first kappa shape index (κ1) is 18.6. The van der Waals surface area contributed by atoms with Gasteiger partial charge in [-0.1, -0.05) is 11.6 Å². The zero-order valence-corrected chi connectivity index (χ0v) is 14.1. The Morgan fingerprint density at radius 3 is 2.67 bits per heavy atom. The molecule has 1 heterocycles. The number of carbonyl (C=O) groups excluding carboxylic acids is 1. The van der Waals surface area contributed by atoms with E-state index in [1.165, 1.54) is 35.1 Å². The highest BCUT2D eigenvalue weighted by Crippen LogP contribution is 2.36. The number of nitro benzene ring substituents is 1. The molecule has 0 atom stereocenters. The molecule has 3 rings (SSSR count). The van der Waals surface area contributed by atoms with Crippen molar-refractivity contribution in [3.05, 3.63) is 63.3 Å². The van der Waals surface area contributed by atoms with Gasteiger partial charge in [-0.05, 0) is 24.3 Å². The summed E-state index contributed by atoms with van der Waals surface area (Å²) in [6.07, 6.45) is -3.30. The first-order valence-corrected chi connectivity index (χ1v) is 7.79. The summed E-state index contributed by atoms with van der Waals surface area (Å²) in [5.41, 5.74) is -1.41. The zero-order chi connectivity index (χ0) is 19.8. The lowest BCUT2D eigenvalue weighted by atomic mass is 10.1. The molecule has 1 N–H and O–H groups in total. The van der Waals surface area contributed by atoms with Gasteiger partial charge in [-0.15, -0.1) is 0 Å². The Bertz CT molecular complexity index is 1050. The molecule has 3 aromatic rings. The molecule has 2 aromatic carbocycles. The monoisotopic (exact) mass is 398 g/mol. The van der Waals surface area contributed by atoms with Crippen molar-refractivity contribution in [1.82, 2.24) is 9.78 Å². The molecule has 11 heteroatoms. The molecule has 7 nitrogen and oxygen atoms in total. The number of benzene rings is 2. The van der Waals surface area contributed by atoms with Crippen molar-refractivity contribution >= 4 is 39.8 Å². The number of alkyl halides is 3. The van der Waals surface area contributed by atoms with Crippen LogP contribution in [-0.4, -0.2) is 20.6 Å². The fraction of sp³-hybridized carbons (Fsp3) is 0.125. The van der Waals surface area contributed by atoms with Crippen molar-refractivity contribution in [1.29, 1.82) is 0 Å². The summed E-state index contributed by atoms with van der Waals surface area (Å²) in [4.78, 5) is 22.5. The molecule has 0 aliphatic carbocycles. The Hall–Kier alpha value is -3.14. The van der Waals surface area contributed by atoms with Crippen molar-refractivity contribution in [2.45, 2.75) is 12.7 Å². The van der Waals surface area contributed by atoms with Gasteiger partial charge in [0.15, 0.2) is 0 Å². The number of fused-ring (bicyclic) bond motifs is 1. The number of halogens is 4. The Morgan fingerprint density at radius 2 is 2.00 bits per heavy atom. The second-order valence-corrected chi connectivity index (χ2v) is 5.97. The third-order valence-electron chi connectivity index (χ3n) is 3.69. The molecule has 0 aliphatic rings. The van der Waals surface area contributed by atoms with E-state index in [0.717, 1.165) is 6.07 Å². The second-order valence-electron chi connectivity index (χ2n) is 5.54. The summed E-state index contributed by atoms with van der Waals surface area (Å²) in [7, 11) is 0. The van der Waals surface area contributed by atoms with Crippen molar-refractivity contribution in [2.24, 2.45) is 0 Å². The van der Waals surface area contributed by atoms with E-state index >= 15 is 0 Å². The van der Waals surface area contributed by atoms with E-state index in [9.17, 15) is 28.1 Å². The SMILES string of the molecule is O=C(Cn1ncc2ccc([N+](=O)[O-])cc21)Nc1ccc(Cl)cc1C(F)(F)F. The van der Waals surface area contributed by atoms with E-state index in [0.29, 0.717) is 17.0 Å². The number of nitrogens with zero attached hydrogens (tertiary/aromatic N) is 3. The van der Waals surface area contributed by atoms with Gasteiger partial charge < -0.3 is 5.32 Å². The van der Waals surface area contributed by atoms with Crippen LogP contribution in [-0.2, 0) is 17.5 Å². The first-order chi connectivity index (χ1) is 12.6. The fourth-order valence-corrected chi connectivity index (χ4v) is 2.66. The Balaban J connectivity index is 1.86. The lowest BCUT2D eigenvalue weighted by molar-refractivity contribution is -0.384. The maximum Gasteiger partial charge on any atom is 0.418 e. The van der Waals surface area contributed by atoms with Crippen molar-refractivity contribution in [2.75, 3.05) is 5.32 Å². The molecule has 0 bridgehead atoms. The molecule has 0 radical (unpaired) electrons. The molecule has 0 fully saturated rings. The average Bonchev–Trinajstić information content (AvgIpc) is 2.97. The van der Waals surface area contributed by atoms with E-state index in [1.54, 1.807) is 0 Å². The third kappa shape index (κ3) is 4.00. The molecule has 0 unspecified atom stereocenters. The van der Waals surface area contributed by atoms with Gasteiger partial charge in [-0.3, -0.25) is 19.6 Å². The number of amides is 1. The lowest BCUT2D eigenvalue weighted by Gasteiger charge is -2.14. The molecule has 140 valence electrons. The topological polar surface area (TPSA) is 90.1 Å². The largest absolute Gasteiger partial charge is 0.418 e. The maximum absolute atomic E-state index is 13.1. The van der Waals surface area contributed by atoms with Crippen LogP contribution in [0.1, 0.15) is 5.56 Å². The third-order valence-corrected chi connectivity index (χ3v) is 3.93. The average molecular weight is 399 g/mol. The van der Waals surface area contributed by atoms with Crippen molar-refractivity contribution in [3.8, 4) is 0 Å². The van der Waals surface area contributed by atoms with Gasteiger partial charge in [0.25, 0.3) is 5.69 Å². The van der Waals surface area contributed by atoms with E-state index in [-0.39, 0.29) is 10.7 Å². The Kier molecular flexibility index (Phi) is 4.75. The van der Waals surface area contributed by atoms with Gasteiger partial charge in [0, 0.05) is 22.5 Å². The number of hydrogen-bond acceptors (Lipinski definition) is 4. The summed E-state index contributed by atoms with van der Waals surface area (Å²) >= 11 is 5.60. The van der Waals surface area contributed by atoms with Gasteiger partial charge in [0.2, 0.25) is 5.91 Å². The fourth-order valence-electron chi connectivity index (χ4n) is 2.48. The number of nitro groups is 1. The van der Waals surface area contributed by atoms with Gasteiger partial charge in [0.05, 0.1) is 27.9 Å². The smallest absolute Gasteiger partial charge is 0.324 e. The predicted molar refractivity (Wildman–Crippen MR) is 91.5 cm³/mol. The highest BCUT2D eigenvalue weighted by Gasteiger charge is 2.34. The molecule has 27 heavy (non-hydrogen) atoms. The van der Waals surface area contributed by atoms with Crippen LogP contribution in [0.4, 0.5) is 24.5 Å². The summed E-state index contributed by atoms with van der Waals surface area (Å²) in [6.45, 7) is -0.426. The second kappa shape index (κ2) is 6.88. The molecule has 0 spiro atoms. The van der Waals surface area contributed by atoms with Crippen molar-refractivity contribution < 1.29 is 22.9 Å². The van der Waals surface area contributed by atoms with Crippen LogP contribution in [0.2, 0.25) is 5.02 Å². The summed E-state index contributed by atoms with van der Waals surface area (Å²) in [6, 6.07) is 6.98. The van der Waals surface area contributed by atoms with Crippen molar-refractivity contribution in [3.63, 3.8) is 0 Å². The van der Waals surface area contributed by atoms with E-state index < -0.39 is 34.8 Å². The summed E-state index contributed by atoms with van der Waals surface area (Å²) < 4.78 is 40.4. The minimum absolute atomic E-state index is 0.120. The highest BCUT2D eigenvalue weighted by atomic mass is 35.5. The molecule has 0 aliphatic heterocycles. The number of hydrogen-bond donors (Lipinski definition) is 1. The summed E-state index contributed by atoms with van der Waals surface area (Å²) in [5.74, 6) is -0.778. The van der Waals surface area contributed by atoms with Crippen LogP contribution in [0.15, 0.2) is 42.6 Å². The first-order valence-electron chi connectivity index (χ1n) is 7.42. The van der Waals surface area contributed by atoms with Crippen LogP contribution >= 0.6 is 11.6 Å². The van der Waals surface area contributed by atoms with Gasteiger partial charge >= 0.3 is 6.18 Å². The molecule has 0 saturated heterocycles. The van der Waals surface area contributed by atoms with Gasteiger partial charge in [0.1, 0.15) is 6.54 Å². The van der Waals surface area contributed by atoms with Gasteiger partial charge in [-0.25, -0.2) is 0 Å². The van der Waals surface area contributed by atoms with Crippen LogP contribution < -0.4 is 5.32 Å². The number of aromatic nitrogens is 2. The van der Waals surface area contributed by atoms with E-state index in [1.807, 2.05) is 0 Å². The molecule has 1 aromatic heterocycles. The number of rotatable bonds is 4. The normalized spacial score (nSPS) is 11.6. The Morgan fingerprint density at radius 1 is 1.26 bits per heavy atom. The minimum atomic E-state index is -4.70. The number of nitrogens with one attached hydrogen (secondary N) is 1.